The van der Waals surface area contributed by atoms with Gasteiger partial charge in [-0.1, -0.05) is 18.2 Å². The van der Waals surface area contributed by atoms with Crippen LogP contribution in [0.25, 0.3) is 0 Å². The Balaban J connectivity index is 1.79. The topological polar surface area (TPSA) is 104 Å². The number of amidine groups is 1. The Morgan fingerprint density at radius 3 is 2.68 bits per heavy atom. The Kier molecular flexibility index (Phi) is 7.51. The predicted octanol–water partition coefficient (Wildman–Crippen LogP) is 3.57. The number of hydrogen-bond acceptors (Lipinski definition) is 8. The second-order valence-corrected chi connectivity index (χ2v) is 9.70. The summed E-state index contributed by atoms with van der Waals surface area (Å²) >= 11 is 1.30. The van der Waals surface area contributed by atoms with E-state index in [2.05, 4.69) is 10.3 Å². The zero-order valence-electron chi connectivity index (χ0n) is 20.1. The zero-order valence-corrected chi connectivity index (χ0v) is 20.9. The molecule has 0 spiro atoms. The van der Waals surface area contributed by atoms with Gasteiger partial charge in [-0.3, -0.25) is 4.90 Å². The maximum absolute atomic E-state index is 14.7. The largest absolute Gasteiger partial charge is 0.478 e. The maximum Gasteiger partial charge on any atom is 0.338 e. The Morgan fingerprint density at radius 1 is 1.32 bits per heavy atom. The number of esters is 1. The van der Waals surface area contributed by atoms with Gasteiger partial charge in [0.25, 0.3) is 5.92 Å². The molecule has 0 saturated carbocycles. The first-order valence-corrected chi connectivity index (χ1v) is 12.4. The zero-order chi connectivity index (χ0) is 26.8. The van der Waals surface area contributed by atoms with Gasteiger partial charge >= 0.3 is 11.9 Å². The Hall–Kier alpha value is -3.51. The molecule has 2 N–H and O–H groups in total. The molecule has 12 heteroatoms. The van der Waals surface area contributed by atoms with E-state index in [4.69, 9.17) is 14.8 Å². The molecule has 37 heavy (non-hydrogen) atoms. The fourth-order valence-electron chi connectivity index (χ4n) is 4.51. The van der Waals surface area contributed by atoms with Gasteiger partial charge in [-0.25, -0.2) is 32.7 Å². The molecule has 4 rings (SSSR count). The molecular formula is C25H25F3N4O4S. The van der Waals surface area contributed by atoms with Crippen LogP contribution < -0.4 is 5.32 Å². The average molecular weight is 535 g/mol. The highest BCUT2D eigenvalue weighted by atomic mass is 32.1. The number of carbonyl (C=O) groups is 2. The second-order valence-electron chi connectivity index (χ2n) is 8.81. The Bertz CT molecular complexity index is 1260. The third-order valence-corrected chi connectivity index (χ3v) is 6.98. The van der Waals surface area contributed by atoms with E-state index in [9.17, 15) is 22.8 Å². The van der Waals surface area contributed by atoms with E-state index in [1.807, 2.05) is 0 Å². The molecule has 1 fully saturated rings. The lowest BCUT2D eigenvalue weighted by Crippen LogP contribution is -2.45. The minimum Gasteiger partial charge on any atom is -0.478 e. The highest BCUT2D eigenvalue weighted by molar-refractivity contribution is 7.11. The van der Waals surface area contributed by atoms with Crippen LogP contribution in [0.15, 0.2) is 64.3 Å². The van der Waals surface area contributed by atoms with Crippen molar-refractivity contribution in [2.24, 2.45) is 10.9 Å². The van der Waals surface area contributed by atoms with Crippen LogP contribution in [0.5, 0.6) is 0 Å². The molecule has 0 aliphatic carbocycles. The van der Waals surface area contributed by atoms with Crippen molar-refractivity contribution in [1.82, 2.24) is 15.2 Å². The number of aliphatic imine (C=N–C) groups is 1. The van der Waals surface area contributed by atoms with Crippen molar-refractivity contribution < 1.29 is 32.6 Å². The quantitative estimate of drug-likeness (QED) is 0.394. The fraction of sp³-hybridized carbons (Fsp3) is 0.360. The minimum absolute atomic E-state index is 0.0714. The van der Waals surface area contributed by atoms with Crippen LogP contribution in [0.1, 0.15) is 24.4 Å². The van der Waals surface area contributed by atoms with Crippen LogP contribution in [-0.4, -0.2) is 64.9 Å². The summed E-state index contributed by atoms with van der Waals surface area (Å²) in [7, 11) is 0. The van der Waals surface area contributed by atoms with Crippen LogP contribution >= 0.6 is 11.3 Å². The molecule has 8 nitrogen and oxygen atoms in total. The van der Waals surface area contributed by atoms with Gasteiger partial charge in [0.05, 0.1) is 24.6 Å². The molecule has 2 aliphatic rings. The summed E-state index contributed by atoms with van der Waals surface area (Å²) in [5.74, 6) is -6.61. The molecule has 2 aliphatic heterocycles. The third kappa shape index (κ3) is 5.59. The number of likely N-dealkylation sites (tertiary alicyclic amines) is 1. The minimum atomic E-state index is -3.17. The van der Waals surface area contributed by atoms with E-state index in [0.29, 0.717) is 28.2 Å². The lowest BCUT2D eigenvalue weighted by molar-refractivity contribution is -0.139. The van der Waals surface area contributed by atoms with Crippen molar-refractivity contribution in [1.29, 1.82) is 0 Å². The highest BCUT2D eigenvalue weighted by Gasteiger charge is 2.48. The molecule has 0 radical (unpaired) electrons. The number of ether oxygens (including phenoxy) is 1. The summed E-state index contributed by atoms with van der Waals surface area (Å²) in [6.07, 6.45) is 3.29. The van der Waals surface area contributed by atoms with Gasteiger partial charge < -0.3 is 15.2 Å². The number of alkyl halides is 2. The first kappa shape index (κ1) is 26.6. The number of aromatic nitrogens is 1. The second kappa shape index (κ2) is 10.5. The van der Waals surface area contributed by atoms with Gasteiger partial charge in [0.1, 0.15) is 11.4 Å². The van der Waals surface area contributed by atoms with Crippen molar-refractivity contribution in [2.45, 2.75) is 25.3 Å². The summed E-state index contributed by atoms with van der Waals surface area (Å²) in [5.41, 5.74) is -0.441. The summed E-state index contributed by atoms with van der Waals surface area (Å²) in [4.78, 5) is 34.7. The number of thiazole rings is 1. The molecule has 3 heterocycles. The number of rotatable bonds is 8. The van der Waals surface area contributed by atoms with Gasteiger partial charge in [0, 0.05) is 36.4 Å². The Morgan fingerprint density at radius 2 is 2.05 bits per heavy atom. The van der Waals surface area contributed by atoms with Crippen molar-refractivity contribution >= 4 is 29.1 Å². The monoisotopic (exact) mass is 534 g/mol. The summed E-state index contributed by atoms with van der Waals surface area (Å²) in [6, 6.07) is 5.53. The number of nitrogens with one attached hydrogen (secondary N) is 1. The summed E-state index contributed by atoms with van der Waals surface area (Å²) < 4.78 is 48.5. The molecular weight excluding hydrogens is 509 g/mol. The molecule has 1 aromatic carbocycles. The number of carbonyl (C=O) groups excluding carboxylic acids is 1. The van der Waals surface area contributed by atoms with E-state index in [0.717, 1.165) is 6.08 Å². The average Bonchev–Trinajstić information content (AvgIpc) is 3.45. The molecule has 0 amide bonds. The first-order valence-electron chi connectivity index (χ1n) is 11.5. The van der Waals surface area contributed by atoms with Crippen molar-refractivity contribution in [3.63, 3.8) is 0 Å². The number of nitrogens with zero attached hydrogens (tertiary/aromatic N) is 3. The van der Waals surface area contributed by atoms with E-state index in [1.54, 1.807) is 25.4 Å². The van der Waals surface area contributed by atoms with Gasteiger partial charge in [0.2, 0.25) is 0 Å². The molecule has 1 saturated heterocycles. The molecule has 1 unspecified atom stereocenters. The van der Waals surface area contributed by atoms with E-state index < -0.39 is 41.7 Å². The SMILES string of the molecule is CCOC(=O)C1=C(CN2CC(/C=C/C(=O)O)C(F)(F)C2)NC(c2nccs2)=N[C@@]1(C)c1ccc(F)cc1. The number of halogens is 3. The normalized spacial score (nSPS) is 23.7. The fourth-order valence-corrected chi connectivity index (χ4v) is 5.09. The van der Waals surface area contributed by atoms with Crippen LogP contribution in [0.3, 0.4) is 0 Å². The summed E-state index contributed by atoms with van der Waals surface area (Å²) in [6.45, 7) is 2.53. The number of aliphatic carboxylic acids is 1. The predicted molar refractivity (Wildman–Crippen MR) is 131 cm³/mol. The van der Waals surface area contributed by atoms with Crippen molar-refractivity contribution in [3.8, 4) is 0 Å². The van der Waals surface area contributed by atoms with E-state index in [-0.39, 0.29) is 25.3 Å². The van der Waals surface area contributed by atoms with Gasteiger partial charge in [-0.2, -0.15) is 0 Å². The molecule has 2 aromatic rings. The van der Waals surface area contributed by atoms with Crippen LogP contribution in [0.2, 0.25) is 0 Å². The van der Waals surface area contributed by atoms with Crippen molar-refractivity contribution in [3.05, 3.63) is 75.7 Å². The van der Waals surface area contributed by atoms with Crippen LogP contribution in [0, 0.1) is 11.7 Å². The maximum atomic E-state index is 14.7. The molecule has 0 bridgehead atoms. The number of hydrogen-bond donors (Lipinski definition) is 2. The number of benzene rings is 1. The number of carboxylic acids is 1. The lowest BCUT2D eigenvalue weighted by atomic mass is 9.82. The molecule has 196 valence electrons. The molecule has 2 atom stereocenters. The van der Waals surface area contributed by atoms with Gasteiger partial charge in [0.15, 0.2) is 10.8 Å². The van der Waals surface area contributed by atoms with Crippen LogP contribution in [-0.2, 0) is 19.9 Å². The van der Waals surface area contributed by atoms with E-state index >= 15 is 0 Å². The Labute approximate surface area is 215 Å². The standard InChI is InChI=1S/C25H25F3N4O4S/c1-3-36-23(35)20-18(13-32-12-16(6-9-19(33)34)25(27,28)14-32)30-21(22-29-10-11-37-22)31-24(20,2)15-4-7-17(26)8-5-15/h4-11,16H,3,12-14H2,1-2H3,(H,30,31)(H,33,34)/b9-6+/t16?,24-/m0/s1. The highest BCUT2D eigenvalue weighted by Crippen LogP contribution is 2.40. The molecule has 1 aromatic heterocycles. The van der Waals surface area contributed by atoms with E-state index in [1.165, 1.54) is 40.5 Å². The van der Waals surface area contributed by atoms with Crippen molar-refractivity contribution in [2.75, 3.05) is 26.2 Å². The van der Waals surface area contributed by atoms with Gasteiger partial charge in [-0.05, 0) is 31.5 Å². The first-order chi connectivity index (χ1) is 17.5. The smallest absolute Gasteiger partial charge is 0.338 e. The lowest BCUT2D eigenvalue weighted by Gasteiger charge is -2.36. The van der Waals surface area contributed by atoms with Crippen LogP contribution in [0.4, 0.5) is 13.2 Å². The van der Waals surface area contributed by atoms with Gasteiger partial charge in [-0.15, -0.1) is 11.3 Å². The third-order valence-electron chi connectivity index (χ3n) is 6.20. The number of carboxylic acid groups (broad SMARTS) is 1. The summed E-state index contributed by atoms with van der Waals surface area (Å²) in [5, 5.41) is 14.2.